The third kappa shape index (κ3) is 4.51. The third-order valence-electron chi connectivity index (χ3n) is 5.45. The van der Waals surface area contributed by atoms with Gasteiger partial charge in [-0.25, -0.2) is 4.98 Å². The second kappa shape index (κ2) is 8.92. The number of rotatable bonds is 6. The van der Waals surface area contributed by atoms with Crippen LogP contribution in [0.15, 0.2) is 36.4 Å². The number of aryl methyl sites for hydroxylation is 1. The molecule has 4 rings (SSSR count). The molecule has 7 heteroatoms. The van der Waals surface area contributed by atoms with E-state index >= 15 is 0 Å². The average molecular weight is 427 g/mol. The summed E-state index contributed by atoms with van der Waals surface area (Å²) in [6.45, 7) is 3.41. The predicted molar refractivity (Wildman–Crippen MR) is 118 cm³/mol. The van der Waals surface area contributed by atoms with Crippen LogP contribution in [0.4, 0.5) is 0 Å². The summed E-state index contributed by atoms with van der Waals surface area (Å²) in [6, 6.07) is 11.8. The molecule has 1 aromatic heterocycles. The number of thiazole rings is 1. The first kappa shape index (κ1) is 20.5. The Balaban J connectivity index is 1.31. The van der Waals surface area contributed by atoms with Crippen molar-refractivity contribution in [2.45, 2.75) is 32.3 Å². The molecule has 2 heterocycles. The van der Waals surface area contributed by atoms with E-state index in [2.05, 4.69) is 4.98 Å². The third-order valence-corrected chi connectivity index (χ3v) is 6.38. The minimum absolute atomic E-state index is 0.0831. The lowest BCUT2D eigenvalue weighted by atomic mass is 10.0. The number of carbonyl (C=O) groups excluding carboxylic acids is 1. The molecule has 2 aromatic carbocycles. The lowest BCUT2D eigenvalue weighted by molar-refractivity contribution is -0.132. The summed E-state index contributed by atoms with van der Waals surface area (Å²) in [7, 11) is 3.31. The van der Waals surface area contributed by atoms with Crippen molar-refractivity contribution in [1.82, 2.24) is 9.88 Å². The Morgan fingerprint density at radius 3 is 2.63 bits per heavy atom. The summed E-state index contributed by atoms with van der Waals surface area (Å²) >= 11 is 1.54. The van der Waals surface area contributed by atoms with Crippen molar-refractivity contribution >= 4 is 27.5 Å². The number of hydrogen-bond acceptors (Lipinski definition) is 6. The van der Waals surface area contributed by atoms with Gasteiger partial charge in [-0.1, -0.05) is 23.5 Å². The molecule has 1 fully saturated rings. The van der Waals surface area contributed by atoms with Gasteiger partial charge in [0.25, 0.3) is 5.19 Å². The fourth-order valence-corrected chi connectivity index (χ4v) is 4.63. The molecule has 0 radical (unpaired) electrons. The fourth-order valence-electron chi connectivity index (χ4n) is 3.77. The van der Waals surface area contributed by atoms with E-state index in [-0.39, 0.29) is 12.0 Å². The zero-order valence-electron chi connectivity index (χ0n) is 17.5. The van der Waals surface area contributed by atoms with Crippen molar-refractivity contribution in [2.24, 2.45) is 0 Å². The molecule has 0 saturated carbocycles. The zero-order valence-corrected chi connectivity index (χ0v) is 18.3. The van der Waals surface area contributed by atoms with Gasteiger partial charge >= 0.3 is 0 Å². The lowest BCUT2D eigenvalue weighted by Gasteiger charge is -2.31. The van der Waals surface area contributed by atoms with E-state index in [1.165, 1.54) is 0 Å². The van der Waals surface area contributed by atoms with E-state index in [0.717, 1.165) is 45.7 Å². The number of hydrogen-bond donors (Lipinski definition) is 0. The van der Waals surface area contributed by atoms with Gasteiger partial charge in [0.1, 0.15) is 17.6 Å². The lowest BCUT2D eigenvalue weighted by Crippen LogP contribution is -2.42. The van der Waals surface area contributed by atoms with Crippen LogP contribution < -0.4 is 14.2 Å². The van der Waals surface area contributed by atoms with Crippen molar-refractivity contribution in [2.75, 3.05) is 27.3 Å². The van der Waals surface area contributed by atoms with Crippen molar-refractivity contribution < 1.29 is 19.0 Å². The summed E-state index contributed by atoms with van der Waals surface area (Å²) in [5.41, 5.74) is 2.95. The highest BCUT2D eigenvalue weighted by Gasteiger charge is 2.25. The van der Waals surface area contributed by atoms with E-state index in [9.17, 15) is 4.79 Å². The number of fused-ring (bicyclic) bond motifs is 1. The van der Waals surface area contributed by atoms with Crippen LogP contribution in [-0.2, 0) is 11.2 Å². The summed E-state index contributed by atoms with van der Waals surface area (Å²) in [5, 5.41) is 0.678. The Kier molecular flexibility index (Phi) is 6.08. The Morgan fingerprint density at radius 2 is 1.93 bits per heavy atom. The topological polar surface area (TPSA) is 60.9 Å². The van der Waals surface area contributed by atoms with E-state index < -0.39 is 0 Å². The van der Waals surface area contributed by atoms with Crippen LogP contribution in [0.5, 0.6) is 16.7 Å². The van der Waals surface area contributed by atoms with Crippen molar-refractivity contribution in [3.63, 3.8) is 0 Å². The van der Waals surface area contributed by atoms with Crippen LogP contribution in [0.2, 0.25) is 0 Å². The number of nitrogens with zero attached hydrogens (tertiary/aromatic N) is 2. The minimum atomic E-state index is 0.0831. The first-order valence-corrected chi connectivity index (χ1v) is 10.9. The Hall–Kier alpha value is -2.80. The van der Waals surface area contributed by atoms with Gasteiger partial charge in [0, 0.05) is 32.0 Å². The van der Waals surface area contributed by atoms with Crippen LogP contribution in [0.1, 0.15) is 24.0 Å². The van der Waals surface area contributed by atoms with E-state index in [1.54, 1.807) is 25.6 Å². The Morgan fingerprint density at radius 1 is 1.13 bits per heavy atom. The monoisotopic (exact) mass is 426 g/mol. The molecule has 1 saturated heterocycles. The molecule has 0 unspecified atom stereocenters. The van der Waals surface area contributed by atoms with Gasteiger partial charge in [-0.05, 0) is 36.2 Å². The maximum atomic E-state index is 12.7. The first-order valence-electron chi connectivity index (χ1n) is 10.1. The zero-order chi connectivity index (χ0) is 21.1. The smallest absolute Gasteiger partial charge is 0.274 e. The predicted octanol–water partition coefficient (Wildman–Crippen LogP) is 4.23. The quantitative estimate of drug-likeness (QED) is 0.590. The molecule has 30 heavy (non-hydrogen) atoms. The highest BCUT2D eigenvalue weighted by molar-refractivity contribution is 7.20. The molecular formula is C23H26N2O4S. The summed E-state index contributed by atoms with van der Waals surface area (Å²) in [5.74, 6) is 1.79. The molecule has 1 aliphatic heterocycles. The molecule has 0 bridgehead atoms. The van der Waals surface area contributed by atoms with Crippen molar-refractivity contribution in [3.8, 4) is 16.7 Å². The van der Waals surface area contributed by atoms with Gasteiger partial charge in [-0.15, -0.1) is 0 Å². The van der Waals surface area contributed by atoms with Gasteiger partial charge in [0.2, 0.25) is 5.91 Å². The highest BCUT2D eigenvalue weighted by atomic mass is 32.1. The second-order valence-corrected chi connectivity index (χ2v) is 8.49. The van der Waals surface area contributed by atoms with Crippen LogP contribution in [0.25, 0.3) is 10.2 Å². The van der Waals surface area contributed by atoms with Gasteiger partial charge in [-0.2, -0.15) is 0 Å². The number of amides is 1. The molecule has 1 aliphatic rings. The molecule has 1 amide bonds. The van der Waals surface area contributed by atoms with Gasteiger partial charge in [0.15, 0.2) is 0 Å². The molecule has 0 N–H and O–H groups in total. The first-order chi connectivity index (χ1) is 14.6. The van der Waals surface area contributed by atoms with Crippen molar-refractivity contribution in [1.29, 1.82) is 0 Å². The van der Waals surface area contributed by atoms with Crippen molar-refractivity contribution in [3.05, 3.63) is 47.5 Å². The number of aromatic nitrogens is 1. The largest absolute Gasteiger partial charge is 0.497 e. The molecule has 6 nitrogen and oxygen atoms in total. The average Bonchev–Trinajstić information content (AvgIpc) is 3.15. The molecule has 0 aliphatic carbocycles. The number of ether oxygens (including phenoxy) is 3. The van der Waals surface area contributed by atoms with Crippen LogP contribution in [-0.4, -0.2) is 49.2 Å². The fraction of sp³-hybridized carbons (Fsp3) is 0.391. The Bertz CT molecular complexity index is 1040. The maximum Gasteiger partial charge on any atom is 0.274 e. The second-order valence-electron chi connectivity index (χ2n) is 7.49. The number of carbonyl (C=O) groups is 1. The molecule has 3 aromatic rings. The summed E-state index contributed by atoms with van der Waals surface area (Å²) < 4.78 is 17.7. The number of methoxy groups -OCH3 is 2. The van der Waals surface area contributed by atoms with Crippen LogP contribution in [0, 0.1) is 6.92 Å². The minimum Gasteiger partial charge on any atom is -0.497 e. The van der Waals surface area contributed by atoms with Gasteiger partial charge in [-0.3, -0.25) is 4.79 Å². The molecule has 158 valence electrons. The number of likely N-dealkylation sites (tertiary alicyclic amines) is 1. The maximum absolute atomic E-state index is 12.7. The normalized spacial score (nSPS) is 14.7. The highest BCUT2D eigenvalue weighted by Crippen LogP contribution is 2.32. The van der Waals surface area contributed by atoms with E-state index in [0.29, 0.717) is 24.7 Å². The van der Waals surface area contributed by atoms with Gasteiger partial charge < -0.3 is 19.1 Å². The standard InChI is InChI=1S/C23H26N2O4S/c1-15-12-16(4-6-20(15)28-3)13-22(26)25-10-8-17(9-11-25)29-23-24-19-14-18(27-2)5-7-21(19)30-23/h4-7,12,14,17H,8-11,13H2,1-3H3. The number of piperidine rings is 1. The molecule has 0 atom stereocenters. The van der Waals surface area contributed by atoms with Crippen LogP contribution in [0.3, 0.4) is 0 Å². The van der Waals surface area contributed by atoms with E-state index in [1.807, 2.05) is 48.2 Å². The summed E-state index contributed by atoms with van der Waals surface area (Å²) in [4.78, 5) is 19.2. The molecule has 0 spiro atoms. The SMILES string of the molecule is COc1ccc2sc(OC3CCN(C(=O)Cc4ccc(OC)c(C)c4)CC3)nc2c1. The van der Waals surface area contributed by atoms with Gasteiger partial charge in [0.05, 0.1) is 30.9 Å². The van der Waals surface area contributed by atoms with E-state index in [4.69, 9.17) is 14.2 Å². The van der Waals surface area contributed by atoms with Crippen LogP contribution >= 0.6 is 11.3 Å². The number of benzene rings is 2. The molecular weight excluding hydrogens is 400 g/mol. The summed E-state index contributed by atoms with van der Waals surface area (Å²) in [6.07, 6.45) is 2.12. The Labute approximate surface area is 180 Å².